The lowest BCUT2D eigenvalue weighted by Crippen LogP contribution is -2.32. The number of ether oxygens (including phenoxy) is 2. The Hall–Kier alpha value is -4.10. The normalized spacial score (nSPS) is 16.9. The molecule has 1 N–H and O–H groups in total. The maximum Gasteiger partial charge on any atom is 0.295 e. The highest BCUT2D eigenvalue weighted by molar-refractivity contribution is 6.46. The van der Waals surface area contributed by atoms with Crippen LogP contribution in [-0.4, -0.2) is 60.4 Å². The van der Waals surface area contributed by atoms with Gasteiger partial charge in [-0.25, -0.2) is 0 Å². The molecule has 192 valence electrons. The fourth-order valence-electron chi connectivity index (χ4n) is 4.42. The molecule has 7 heteroatoms. The quantitative estimate of drug-likeness (QED) is 0.233. The summed E-state index contributed by atoms with van der Waals surface area (Å²) >= 11 is 0. The van der Waals surface area contributed by atoms with Crippen molar-refractivity contribution in [3.8, 4) is 17.2 Å². The van der Waals surface area contributed by atoms with Gasteiger partial charge in [0.25, 0.3) is 11.7 Å². The van der Waals surface area contributed by atoms with E-state index in [2.05, 4.69) is 0 Å². The zero-order valence-electron chi connectivity index (χ0n) is 21.4. The molecule has 1 amide bonds. The SMILES string of the molecule is CCOc1ccc(/C(O)=C2/C(=O)C(=O)N(CCCN(C)C)C2c2cccc(Oc3ccccc3)c2)cc1. The van der Waals surface area contributed by atoms with Gasteiger partial charge in [-0.3, -0.25) is 9.59 Å². The van der Waals surface area contributed by atoms with Gasteiger partial charge >= 0.3 is 0 Å². The number of rotatable bonds is 10. The minimum absolute atomic E-state index is 0.0656. The molecular weight excluding hydrogens is 468 g/mol. The molecule has 3 aromatic carbocycles. The lowest BCUT2D eigenvalue weighted by Gasteiger charge is -2.26. The molecule has 37 heavy (non-hydrogen) atoms. The van der Waals surface area contributed by atoms with Crippen LogP contribution < -0.4 is 9.47 Å². The van der Waals surface area contributed by atoms with Crippen molar-refractivity contribution >= 4 is 17.4 Å². The van der Waals surface area contributed by atoms with Crippen molar-refractivity contribution < 1.29 is 24.2 Å². The van der Waals surface area contributed by atoms with Gasteiger partial charge in [0.15, 0.2) is 0 Å². The Balaban J connectivity index is 1.75. The third-order valence-corrected chi connectivity index (χ3v) is 6.14. The minimum Gasteiger partial charge on any atom is -0.507 e. The molecule has 3 aromatic rings. The predicted molar refractivity (Wildman–Crippen MR) is 143 cm³/mol. The number of likely N-dealkylation sites (tertiary alicyclic amines) is 1. The zero-order chi connectivity index (χ0) is 26.4. The average Bonchev–Trinajstić information content (AvgIpc) is 3.14. The Morgan fingerprint density at radius 3 is 2.30 bits per heavy atom. The Bertz CT molecular complexity index is 1270. The van der Waals surface area contributed by atoms with Gasteiger partial charge < -0.3 is 24.4 Å². The van der Waals surface area contributed by atoms with Gasteiger partial charge in [0.05, 0.1) is 18.2 Å². The third kappa shape index (κ3) is 6.01. The molecule has 7 nitrogen and oxygen atoms in total. The highest BCUT2D eigenvalue weighted by Crippen LogP contribution is 2.40. The van der Waals surface area contributed by atoms with E-state index >= 15 is 0 Å². The van der Waals surface area contributed by atoms with Crippen LogP contribution in [0.4, 0.5) is 0 Å². The minimum atomic E-state index is -0.743. The first kappa shape index (κ1) is 26.0. The Morgan fingerprint density at radius 2 is 1.62 bits per heavy atom. The summed E-state index contributed by atoms with van der Waals surface area (Å²) in [5, 5.41) is 11.3. The molecule has 0 aliphatic carbocycles. The lowest BCUT2D eigenvalue weighted by molar-refractivity contribution is -0.139. The molecule has 1 aliphatic rings. The van der Waals surface area contributed by atoms with Crippen molar-refractivity contribution in [2.24, 2.45) is 0 Å². The number of nitrogens with zero attached hydrogens (tertiary/aromatic N) is 2. The number of ketones is 1. The van der Waals surface area contributed by atoms with Crippen molar-refractivity contribution in [3.63, 3.8) is 0 Å². The van der Waals surface area contributed by atoms with Gasteiger partial charge in [-0.2, -0.15) is 0 Å². The van der Waals surface area contributed by atoms with Gasteiger partial charge in [0, 0.05) is 12.1 Å². The smallest absolute Gasteiger partial charge is 0.295 e. The summed E-state index contributed by atoms with van der Waals surface area (Å²) in [5.41, 5.74) is 1.19. The first-order valence-electron chi connectivity index (χ1n) is 12.4. The Kier molecular flexibility index (Phi) is 8.25. The molecule has 1 unspecified atom stereocenters. The highest BCUT2D eigenvalue weighted by atomic mass is 16.5. The number of hydrogen-bond donors (Lipinski definition) is 1. The van der Waals surface area contributed by atoms with Gasteiger partial charge in [-0.05, 0) is 88.1 Å². The summed E-state index contributed by atoms with van der Waals surface area (Å²) < 4.78 is 11.5. The van der Waals surface area contributed by atoms with Gasteiger partial charge in [-0.1, -0.05) is 30.3 Å². The molecule has 1 heterocycles. The predicted octanol–water partition coefficient (Wildman–Crippen LogP) is 5.25. The Morgan fingerprint density at radius 1 is 0.919 bits per heavy atom. The summed E-state index contributed by atoms with van der Waals surface area (Å²) in [6.45, 7) is 3.54. The number of amides is 1. The van der Waals surface area contributed by atoms with E-state index in [0.717, 1.165) is 6.54 Å². The van der Waals surface area contributed by atoms with Crippen molar-refractivity contribution in [2.45, 2.75) is 19.4 Å². The first-order chi connectivity index (χ1) is 17.9. The van der Waals surface area contributed by atoms with Gasteiger partial charge in [0.2, 0.25) is 0 Å². The molecule has 1 aliphatic heterocycles. The van der Waals surface area contributed by atoms with Crippen LogP contribution in [0.3, 0.4) is 0 Å². The van der Waals surface area contributed by atoms with E-state index < -0.39 is 17.7 Å². The molecule has 1 fully saturated rings. The highest BCUT2D eigenvalue weighted by Gasteiger charge is 2.45. The summed E-state index contributed by atoms with van der Waals surface area (Å²) in [7, 11) is 3.92. The second-order valence-corrected chi connectivity index (χ2v) is 9.09. The number of benzene rings is 3. The van der Waals surface area contributed by atoms with Crippen LogP contribution in [0.5, 0.6) is 17.2 Å². The van der Waals surface area contributed by atoms with E-state index in [1.165, 1.54) is 0 Å². The number of Topliss-reactive ketones (excluding diaryl/α,β-unsaturated/α-hetero) is 1. The van der Waals surface area contributed by atoms with Gasteiger partial charge in [-0.15, -0.1) is 0 Å². The van der Waals surface area contributed by atoms with Crippen LogP contribution in [-0.2, 0) is 9.59 Å². The molecule has 0 radical (unpaired) electrons. The number of carbonyl (C=O) groups excluding carboxylic acids is 2. The molecule has 0 aromatic heterocycles. The zero-order valence-corrected chi connectivity index (χ0v) is 21.4. The maximum absolute atomic E-state index is 13.3. The Labute approximate surface area is 217 Å². The molecular formula is C30H32N2O5. The van der Waals surface area contributed by atoms with Crippen molar-refractivity contribution in [1.82, 2.24) is 9.80 Å². The number of hydrogen-bond acceptors (Lipinski definition) is 6. The summed E-state index contributed by atoms with van der Waals surface area (Å²) in [4.78, 5) is 30.1. The molecule has 0 bridgehead atoms. The average molecular weight is 501 g/mol. The van der Waals surface area contributed by atoms with Crippen LogP contribution in [0.15, 0.2) is 84.4 Å². The van der Waals surface area contributed by atoms with Crippen molar-refractivity contribution in [2.75, 3.05) is 33.8 Å². The van der Waals surface area contributed by atoms with Crippen LogP contribution in [0.2, 0.25) is 0 Å². The monoisotopic (exact) mass is 500 g/mol. The fourth-order valence-corrected chi connectivity index (χ4v) is 4.42. The molecule has 4 rings (SSSR count). The lowest BCUT2D eigenvalue weighted by atomic mass is 9.95. The van der Waals surface area contributed by atoms with E-state index in [9.17, 15) is 14.7 Å². The largest absolute Gasteiger partial charge is 0.507 e. The van der Waals surface area contributed by atoms with Crippen LogP contribution in [0.25, 0.3) is 5.76 Å². The molecule has 0 saturated carbocycles. The molecule has 0 spiro atoms. The molecule has 1 saturated heterocycles. The van der Waals surface area contributed by atoms with Crippen molar-refractivity contribution in [1.29, 1.82) is 0 Å². The summed E-state index contributed by atoms with van der Waals surface area (Å²) in [5.74, 6) is 0.375. The van der Waals surface area contributed by atoms with Crippen LogP contribution >= 0.6 is 0 Å². The van der Waals surface area contributed by atoms with E-state index in [1.807, 2.05) is 80.5 Å². The van der Waals surface area contributed by atoms with Crippen LogP contribution in [0, 0.1) is 0 Å². The third-order valence-electron chi connectivity index (χ3n) is 6.14. The standard InChI is InChI=1S/C30H32N2O5/c1-4-36-23-16-14-21(15-17-23)28(33)26-27(32(30(35)29(26)34)19-9-18-31(2)3)22-10-8-13-25(20-22)37-24-11-6-5-7-12-24/h5-8,10-17,20,27,33H,4,9,18-19H2,1-3H3/b28-26-. The van der Waals surface area contributed by atoms with E-state index in [4.69, 9.17) is 9.47 Å². The second-order valence-electron chi connectivity index (χ2n) is 9.09. The van der Waals surface area contributed by atoms with E-state index in [-0.39, 0.29) is 11.3 Å². The number of para-hydroxylation sites is 1. The number of aliphatic hydroxyl groups excluding tert-OH is 1. The first-order valence-corrected chi connectivity index (χ1v) is 12.4. The van der Waals surface area contributed by atoms with Crippen LogP contribution in [0.1, 0.15) is 30.5 Å². The second kappa shape index (κ2) is 11.8. The number of carbonyl (C=O) groups is 2. The fraction of sp³-hybridized carbons (Fsp3) is 0.267. The van der Waals surface area contributed by atoms with Crippen molar-refractivity contribution in [3.05, 3.63) is 95.6 Å². The van der Waals surface area contributed by atoms with E-state index in [1.54, 1.807) is 29.2 Å². The number of aliphatic hydroxyl groups is 1. The maximum atomic E-state index is 13.3. The molecule has 1 atom stereocenters. The van der Waals surface area contributed by atoms with Gasteiger partial charge in [0.1, 0.15) is 23.0 Å². The summed E-state index contributed by atoms with van der Waals surface area (Å²) in [6.07, 6.45) is 0.680. The van der Waals surface area contributed by atoms with E-state index in [0.29, 0.717) is 47.9 Å². The topological polar surface area (TPSA) is 79.3 Å². The summed E-state index contributed by atoms with van der Waals surface area (Å²) in [6, 6.07) is 22.8.